The largest absolute Gasteiger partial charge is 0.481 e. The minimum Gasteiger partial charge on any atom is -0.481 e. The molecule has 0 aliphatic heterocycles. The van der Waals surface area contributed by atoms with Crippen LogP contribution in [0.2, 0.25) is 0 Å². The summed E-state index contributed by atoms with van der Waals surface area (Å²) in [5.74, 6) is -0.131. The van der Waals surface area contributed by atoms with Gasteiger partial charge in [0.25, 0.3) is 0 Å². The average molecular weight is 339 g/mol. The van der Waals surface area contributed by atoms with Crippen molar-refractivity contribution < 1.29 is 14.2 Å². The molecular weight excluding hydrogens is 321 g/mol. The lowest BCUT2D eigenvalue weighted by molar-refractivity contribution is 0.276. The Balaban J connectivity index is 1.89. The van der Waals surface area contributed by atoms with Crippen LogP contribution < -0.4 is 10.1 Å². The number of ether oxygens (including phenoxy) is 1. The number of halogens is 1. The number of benzene rings is 1. The number of hydrogen-bond acceptors (Lipinski definition) is 5. The molecule has 6 heteroatoms. The number of pyridine rings is 2. The highest BCUT2D eigenvalue weighted by Crippen LogP contribution is 2.28. The molecule has 2 heterocycles. The van der Waals surface area contributed by atoms with Gasteiger partial charge in [0.05, 0.1) is 31.6 Å². The molecule has 5 nitrogen and oxygen atoms in total. The molecule has 2 aromatic heterocycles. The third-order valence-corrected chi connectivity index (χ3v) is 3.81. The Morgan fingerprint density at radius 1 is 1.16 bits per heavy atom. The molecule has 0 aliphatic rings. The summed E-state index contributed by atoms with van der Waals surface area (Å²) in [5.41, 5.74) is 2.57. The highest BCUT2D eigenvalue weighted by molar-refractivity contribution is 5.68. The van der Waals surface area contributed by atoms with Crippen molar-refractivity contribution in [3.63, 3.8) is 0 Å². The minimum atomic E-state index is -0.457. The summed E-state index contributed by atoms with van der Waals surface area (Å²) in [7, 11) is 1.48. The molecule has 128 valence electrons. The summed E-state index contributed by atoms with van der Waals surface area (Å²) >= 11 is 0. The minimum absolute atomic E-state index is 0.0777. The summed E-state index contributed by atoms with van der Waals surface area (Å²) in [6, 6.07) is 12.6. The van der Waals surface area contributed by atoms with Crippen LogP contribution in [0.4, 0.5) is 10.1 Å². The predicted molar refractivity (Wildman–Crippen MR) is 93.9 cm³/mol. The number of nitrogens with zero attached hydrogens (tertiary/aromatic N) is 2. The summed E-state index contributed by atoms with van der Waals surface area (Å²) in [5, 5.41) is 12.9. The van der Waals surface area contributed by atoms with Crippen LogP contribution in [0.3, 0.4) is 0 Å². The van der Waals surface area contributed by atoms with Gasteiger partial charge < -0.3 is 15.2 Å². The molecule has 0 saturated carbocycles. The van der Waals surface area contributed by atoms with E-state index in [4.69, 9.17) is 4.74 Å². The lowest BCUT2D eigenvalue weighted by atomic mass is 10.1. The fourth-order valence-corrected chi connectivity index (χ4v) is 2.54. The van der Waals surface area contributed by atoms with Crippen LogP contribution in [-0.4, -0.2) is 28.8 Å². The van der Waals surface area contributed by atoms with Gasteiger partial charge in [-0.15, -0.1) is 0 Å². The van der Waals surface area contributed by atoms with Crippen molar-refractivity contribution in [3.8, 4) is 17.0 Å². The van der Waals surface area contributed by atoms with Crippen LogP contribution in [0, 0.1) is 5.82 Å². The maximum absolute atomic E-state index is 14.1. The SMILES string of the molecule is COc1cc(-c2cncc(N[C@@H](CO)c3ccccc3)c2)c(F)cn1. The number of aliphatic hydroxyl groups is 1. The zero-order valence-electron chi connectivity index (χ0n) is 13.7. The van der Waals surface area contributed by atoms with Gasteiger partial charge in [0, 0.05) is 29.6 Å². The van der Waals surface area contributed by atoms with E-state index in [1.807, 2.05) is 30.3 Å². The molecule has 3 aromatic rings. The maximum Gasteiger partial charge on any atom is 0.213 e. The van der Waals surface area contributed by atoms with Crippen LogP contribution in [0.1, 0.15) is 11.6 Å². The number of methoxy groups -OCH3 is 1. The monoisotopic (exact) mass is 339 g/mol. The second-order valence-electron chi connectivity index (χ2n) is 5.46. The molecule has 0 bridgehead atoms. The van der Waals surface area contributed by atoms with Crippen molar-refractivity contribution in [2.24, 2.45) is 0 Å². The summed E-state index contributed by atoms with van der Waals surface area (Å²) < 4.78 is 19.2. The molecule has 0 aliphatic carbocycles. The molecule has 0 saturated heterocycles. The van der Waals surface area contributed by atoms with Gasteiger partial charge in [0.15, 0.2) is 0 Å². The lowest BCUT2D eigenvalue weighted by Gasteiger charge is -2.18. The second kappa shape index (κ2) is 7.72. The van der Waals surface area contributed by atoms with Gasteiger partial charge in [-0.3, -0.25) is 4.98 Å². The van der Waals surface area contributed by atoms with E-state index in [1.165, 1.54) is 13.2 Å². The van der Waals surface area contributed by atoms with Crippen molar-refractivity contribution >= 4 is 5.69 Å². The number of anilines is 1. The third kappa shape index (κ3) is 3.92. The summed E-state index contributed by atoms with van der Waals surface area (Å²) in [4.78, 5) is 8.01. The molecular formula is C19H18FN3O2. The van der Waals surface area contributed by atoms with Crippen LogP contribution in [0.5, 0.6) is 5.88 Å². The van der Waals surface area contributed by atoms with Crippen LogP contribution in [-0.2, 0) is 0 Å². The van der Waals surface area contributed by atoms with Crippen LogP contribution >= 0.6 is 0 Å². The van der Waals surface area contributed by atoms with Crippen LogP contribution in [0.25, 0.3) is 11.1 Å². The van der Waals surface area contributed by atoms with Crippen molar-refractivity contribution in [3.05, 3.63) is 72.4 Å². The number of aliphatic hydroxyl groups excluding tert-OH is 1. The summed E-state index contributed by atoms with van der Waals surface area (Å²) in [6.45, 7) is -0.0777. The predicted octanol–water partition coefficient (Wildman–Crippen LogP) is 3.44. The highest BCUT2D eigenvalue weighted by atomic mass is 19.1. The molecule has 0 spiro atoms. The van der Waals surface area contributed by atoms with E-state index in [-0.39, 0.29) is 12.6 Å². The van der Waals surface area contributed by atoms with Crippen molar-refractivity contribution in [1.82, 2.24) is 9.97 Å². The standard InChI is InChI=1S/C19H18FN3O2/c1-25-19-8-16(17(20)11-22-19)14-7-15(10-21-9-14)23-18(12-24)13-5-3-2-4-6-13/h2-11,18,23-24H,12H2,1H3/t18-/m0/s1. The molecule has 25 heavy (non-hydrogen) atoms. The van der Waals surface area contributed by atoms with Gasteiger partial charge >= 0.3 is 0 Å². The number of aromatic nitrogens is 2. The van der Waals surface area contributed by atoms with E-state index in [1.54, 1.807) is 18.5 Å². The van der Waals surface area contributed by atoms with E-state index in [2.05, 4.69) is 15.3 Å². The first kappa shape index (κ1) is 16.9. The number of hydrogen-bond donors (Lipinski definition) is 2. The Kier molecular flexibility index (Phi) is 5.20. The lowest BCUT2D eigenvalue weighted by Crippen LogP contribution is -2.14. The fourth-order valence-electron chi connectivity index (χ4n) is 2.54. The van der Waals surface area contributed by atoms with E-state index in [9.17, 15) is 9.50 Å². The first-order valence-corrected chi connectivity index (χ1v) is 7.78. The first-order chi connectivity index (χ1) is 12.2. The smallest absolute Gasteiger partial charge is 0.213 e. The average Bonchev–Trinajstić information content (AvgIpc) is 2.67. The maximum atomic E-state index is 14.1. The third-order valence-electron chi connectivity index (χ3n) is 3.81. The Morgan fingerprint density at radius 2 is 1.96 bits per heavy atom. The van der Waals surface area contributed by atoms with E-state index >= 15 is 0 Å². The van der Waals surface area contributed by atoms with Gasteiger partial charge in [0.2, 0.25) is 5.88 Å². The zero-order chi connectivity index (χ0) is 17.6. The van der Waals surface area contributed by atoms with Crippen molar-refractivity contribution in [2.45, 2.75) is 6.04 Å². The van der Waals surface area contributed by atoms with Crippen LogP contribution in [0.15, 0.2) is 61.1 Å². The first-order valence-electron chi connectivity index (χ1n) is 7.78. The summed E-state index contributed by atoms with van der Waals surface area (Å²) in [6.07, 6.45) is 4.32. The Hall–Kier alpha value is -2.99. The van der Waals surface area contributed by atoms with Gasteiger partial charge in [-0.1, -0.05) is 30.3 Å². The number of nitrogens with one attached hydrogen (secondary N) is 1. The molecule has 0 unspecified atom stereocenters. The fraction of sp³-hybridized carbons (Fsp3) is 0.158. The van der Waals surface area contributed by atoms with E-state index < -0.39 is 5.82 Å². The molecule has 0 amide bonds. The Labute approximate surface area is 145 Å². The topological polar surface area (TPSA) is 67.3 Å². The van der Waals surface area contributed by atoms with Gasteiger partial charge in [-0.25, -0.2) is 9.37 Å². The molecule has 1 aromatic carbocycles. The van der Waals surface area contributed by atoms with Gasteiger partial charge in [-0.05, 0) is 11.6 Å². The highest BCUT2D eigenvalue weighted by Gasteiger charge is 2.12. The van der Waals surface area contributed by atoms with Crippen molar-refractivity contribution in [2.75, 3.05) is 19.0 Å². The van der Waals surface area contributed by atoms with Gasteiger partial charge in [0.1, 0.15) is 5.82 Å². The molecule has 2 N–H and O–H groups in total. The number of rotatable bonds is 6. The van der Waals surface area contributed by atoms with E-state index in [0.29, 0.717) is 22.7 Å². The Morgan fingerprint density at radius 3 is 2.68 bits per heavy atom. The second-order valence-corrected chi connectivity index (χ2v) is 5.46. The zero-order valence-corrected chi connectivity index (χ0v) is 13.7. The molecule has 0 fully saturated rings. The van der Waals surface area contributed by atoms with Gasteiger partial charge in [-0.2, -0.15) is 0 Å². The van der Waals surface area contributed by atoms with E-state index in [0.717, 1.165) is 11.8 Å². The molecule has 3 rings (SSSR count). The molecule has 1 atom stereocenters. The van der Waals surface area contributed by atoms with Crippen molar-refractivity contribution in [1.29, 1.82) is 0 Å². The normalized spacial score (nSPS) is 11.8. The Bertz CT molecular complexity index is 843. The quantitative estimate of drug-likeness (QED) is 0.720. The molecule has 0 radical (unpaired) electrons.